The first-order valence-electron chi connectivity index (χ1n) is 5.89. The van der Waals surface area contributed by atoms with Crippen LogP contribution in [0.15, 0.2) is 35.2 Å². The number of nitrogens with zero attached hydrogens (tertiary/aromatic N) is 1. The molecule has 0 saturated carbocycles. The highest BCUT2D eigenvalue weighted by Gasteiger charge is 2.16. The van der Waals surface area contributed by atoms with E-state index in [1.165, 1.54) is 43.1 Å². The van der Waals surface area contributed by atoms with Gasteiger partial charge in [0.2, 0.25) is 0 Å². The van der Waals surface area contributed by atoms with Gasteiger partial charge in [-0.15, -0.1) is 11.8 Å². The number of rotatable bonds is 4. The Morgan fingerprint density at radius 1 is 1.31 bits per heavy atom. The number of hydrogen-bond acceptors (Lipinski definition) is 2. The first-order valence-corrected chi connectivity index (χ1v) is 7.79. The summed E-state index contributed by atoms with van der Waals surface area (Å²) in [6.45, 7) is 3.70. The Kier molecular flexibility index (Phi) is 5.20. The van der Waals surface area contributed by atoms with E-state index in [2.05, 4.69) is 51.2 Å². The molecular weight excluding hydrogens is 282 g/mol. The molecule has 1 fully saturated rings. The van der Waals surface area contributed by atoms with Gasteiger partial charge in [-0.05, 0) is 31.5 Å². The second kappa shape index (κ2) is 6.67. The first kappa shape index (κ1) is 12.5. The second-order valence-electron chi connectivity index (χ2n) is 4.20. The van der Waals surface area contributed by atoms with Gasteiger partial charge in [0.15, 0.2) is 0 Å². The largest absolute Gasteiger partial charge is 0.301 e. The molecule has 0 radical (unpaired) electrons. The molecule has 88 valence electrons. The van der Waals surface area contributed by atoms with Gasteiger partial charge in [-0.2, -0.15) is 0 Å². The minimum atomic E-state index is 0.711. The molecule has 1 aromatic carbocycles. The molecule has 1 atom stereocenters. The third-order valence-electron chi connectivity index (χ3n) is 2.87. The minimum absolute atomic E-state index is 0.711. The van der Waals surface area contributed by atoms with Crippen molar-refractivity contribution in [2.24, 2.45) is 0 Å². The Morgan fingerprint density at radius 2 is 2.12 bits per heavy atom. The number of likely N-dealkylation sites (tertiary alicyclic amines) is 1. The third-order valence-corrected chi connectivity index (χ3v) is 4.61. The molecule has 0 N–H and O–H groups in total. The van der Waals surface area contributed by atoms with Crippen LogP contribution in [-0.4, -0.2) is 35.1 Å². The van der Waals surface area contributed by atoms with Crippen molar-refractivity contribution in [1.82, 2.24) is 4.90 Å². The smallest absolute Gasteiger partial charge is 0.0273 e. The summed E-state index contributed by atoms with van der Waals surface area (Å²) in [5.41, 5.74) is 0. The first-order chi connectivity index (χ1) is 7.84. The molecule has 1 nitrogen and oxygen atoms in total. The van der Waals surface area contributed by atoms with Crippen LogP contribution in [-0.2, 0) is 0 Å². The highest BCUT2D eigenvalue weighted by Crippen LogP contribution is 2.20. The zero-order valence-electron chi connectivity index (χ0n) is 9.44. The fraction of sp³-hybridized carbons (Fsp3) is 0.538. The van der Waals surface area contributed by atoms with Gasteiger partial charge in [0.25, 0.3) is 0 Å². The number of halogens is 1. The van der Waals surface area contributed by atoms with Crippen LogP contribution in [0.5, 0.6) is 0 Å². The van der Waals surface area contributed by atoms with Crippen molar-refractivity contribution in [3.63, 3.8) is 0 Å². The van der Waals surface area contributed by atoms with Crippen LogP contribution >= 0.6 is 27.7 Å². The van der Waals surface area contributed by atoms with Gasteiger partial charge in [-0.25, -0.2) is 0 Å². The van der Waals surface area contributed by atoms with Crippen LogP contribution in [0.1, 0.15) is 12.8 Å². The molecule has 16 heavy (non-hydrogen) atoms. The molecule has 1 aliphatic rings. The van der Waals surface area contributed by atoms with Gasteiger partial charge in [0, 0.05) is 28.6 Å². The van der Waals surface area contributed by atoms with E-state index in [4.69, 9.17) is 0 Å². The van der Waals surface area contributed by atoms with E-state index in [9.17, 15) is 0 Å². The molecule has 0 aromatic heterocycles. The lowest BCUT2D eigenvalue weighted by atomic mass is 10.1. The predicted octanol–water partition coefficient (Wildman–Crippen LogP) is 3.64. The maximum absolute atomic E-state index is 3.72. The SMILES string of the molecule is BrC1CCCN(CCSc2ccccc2)C1. The number of thioether (sulfide) groups is 1. The number of benzene rings is 1. The average molecular weight is 300 g/mol. The van der Waals surface area contributed by atoms with Crippen molar-refractivity contribution in [3.05, 3.63) is 30.3 Å². The van der Waals surface area contributed by atoms with Gasteiger partial charge in [0.1, 0.15) is 0 Å². The summed E-state index contributed by atoms with van der Waals surface area (Å²) in [6, 6.07) is 10.7. The van der Waals surface area contributed by atoms with Crippen molar-refractivity contribution >= 4 is 27.7 Å². The summed E-state index contributed by atoms with van der Waals surface area (Å²) in [5.74, 6) is 1.20. The third kappa shape index (κ3) is 4.11. The van der Waals surface area contributed by atoms with E-state index in [1.54, 1.807) is 0 Å². The van der Waals surface area contributed by atoms with E-state index >= 15 is 0 Å². The summed E-state index contributed by atoms with van der Waals surface area (Å²) in [6.07, 6.45) is 2.67. The Morgan fingerprint density at radius 3 is 2.88 bits per heavy atom. The predicted molar refractivity (Wildman–Crippen MR) is 75.6 cm³/mol. The summed E-state index contributed by atoms with van der Waals surface area (Å²) < 4.78 is 0. The number of alkyl halides is 1. The van der Waals surface area contributed by atoms with E-state index in [0.29, 0.717) is 4.83 Å². The van der Waals surface area contributed by atoms with Gasteiger partial charge >= 0.3 is 0 Å². The summed E-state index contributed by atoms with van der Waals surface area (Å²) in [7, 11) is 0. The zero-order valence-corrected chi connectivity index (χ0v) is 11.8. The molecular formula is C13H18BrNS. The highest BCUT2D eigenvalue weighted by atomic mass is 79.9. The average Bonchev–Trinajstić information content (AvgIpc) is 2.30. The molecule has 0 amide bonds. The lowest BCUT2D eigenvalue weighted by Crippen LogP contribution is -2.37. The fourth-order valence-corrected chi connectivity index (χ4v) is 3.68. The molecule has 0 bridgehead atoms. The molecule has 1 aliphatic heterocycles. The van der Waals surface area contributed by atoms with Crippen LogP contribution < -0.4 is 0 Å². The molecule has 3 heteroatoms. The van der Waals surface area contributed by atoms with E-state index in [-0.39, 0.29) is 0 Å². The zero-order chi connectivity index (χ0) is 11.2. The van der Waals surface area contributed by atoms with Crippen molar-refractivity contribution < 1.29 is 0 Å². The quantitative estimate of drug-likeness (QED) is 0.617. The molecule has 1 saturated heterocycles. The number of hydrogen-bond donors (Lipinski definition) is 0. The van der Waals surface area contributed by atoms with Gasteiger partial charge in [0.05, 0.1) is 0 Å². The van der Waals surface area contributed by atoms with Crippen LogP contribution in [0.3, 0.4) is 0 Å². The van der Waals surface area contributed by atoms with Crippen LogP contribution in [0.4, 0.5) is 0 Å². The van der Waals surface area contributed by atoms with Gasteiger partial charge < -0.3 is 4.90 Å². The van der Waals surface area contributed by atoms with Crippen molar-refractivity contribution in [1.29, 1.82) is 0 Å². The fourth-order valence-electron chi connectivity index (χ4n) is 2.01. The monoisotopic (exact) mass is 299 g/mol. The molecule has 1 unspecified atom stereocenters. The maximum Gasteiger partial charge on any atom is 0.0273 e. The van der Waals surface area contributed by atoms with E-state index in [1.807, 2.05) is 11.8 Å². The summed E-state index contributed by atoms with van der Waals surface area (Å²) in [5, 5.41) is 0. The van der Waals surface area contributed by atoms with Crippen LogP contribution in [0, 0.1) is 0 Å². The summed E-state index contributed by atoms with van der Waals surface area (Å²) >= 11 is 5.68. The number of piperidine rings is 1. The molecule has 1 aromatic rings. The maximum atomic E-state index is 3.72. The molecule has 1 heterocycles. The topological polar surface area (TPSA) is 3.24 Å². The van der Waals surface area contributed by atoms with E-state index in [0.717, 1.165) is 0 Å². The van der Waals surface area contributed by atoms with Gasteiger partial charge in [-0.3, -0.25) is 0 Å². The summed E-state index contributed by atoms with van der Waals surface area (Å²) in [4.78, 5) is 4.66. The molecule has 2 rings (SSSR count). The lowest BCUT2D eigenvalue weighted by molar-refractivity contribution is 0.249. The minimum Gasteiger partial charge on any atom is -0.301 e. The van der Waals surface area contributed by atoms with Gasteiger partial charge in [-0.1, -0.05) is 34.1 Å². The second-order valence-corrected chi connectivity index (χ2v) is 6.66. The van der Waals surface area contributed by atoms with Crippen molar-refractivity contribution in [2.75, 3.05) is 25.4 Å². The Hall–Kier alpha value is 0.0100. The van der Waals surface area contributed by atoms with Crippen molar-refractivity contribution in [3.8, 4) is 0 Å². The van der Waals surface area contributed by atoms with Crippen molar-refractivity contribution in [2.45, 2.75) is 22.6 Å². The Bertz CT molecular complexity index is 304. The Balaban J connectivity index is 1.68. The molecule has 0 spiro atoms. The van der Waals surface area contributed by atoms with Crippen LogP contribution in [0.2, 0.25) is 0 Å². The normalized spacial score (nSPS) is 22.2. The Labute approximate surface area is 111 Å². The highest BCUT2D eigenvalue weighted by molar-refractivity contribution is 9.09. The lowest BCUT2D eigenvalue weighted by Gasteiger charge is -2.29. The van der Waals surface area contributed by atoms with Crippen LogP contribution in [0.25, 0.3) is 0 Å². The molecule has 0 aliphatic carbocycles. The standard InChI is InChI=1S/C13H18BrNS/c14-12-5-4-8-15(11-12)9-10-16-13-6-2-1-3-7-13/h1-3,6-7,12H,4-5,8-11H2. The van der Waals surface area contributed by atoms with E-state index < -0.39 is 0 Å².